The molecule has 16 heavy (non-hydrogen) atoms. The van der Waals surface area contributed by atoms with Crippen molar-refractivity contribution in [1.82, 2.24) is 19.7 Å². The first-order valence-electron chi connectivity index (χ1n) is 5.25. The van der Waals surface area contributed by atoms with Crippen molar-refractivity contribution in [3.05, 3.63) is 35.7 Å². The Hall–Kier alpha value is -1.91. The van der Waals surface area contributed by atoms with Gasteiger partial charge >= 0.3 is 0 Å². The van der Waals surface area contributed by atoms with Crippen molar-refractivity contribution in [2.45, 2.75) is 19.8 Å². The van der Waals surface area contributed by atoms with E-state index in [0.717, 1.165) is 17.8 Å². The molecule has 2 aromatic rings. The highest BCUT2D eigenvalue weighted by atomic mass is 16.1. The second-order valence-electron chi connectivity index (χ2n) is 3.64. The minimum atomic E-state index is -0.0179. The molecule has 0 saturated heterocycles. The van der Waals surface area contributed by atoms with Crippen LogP contribution in [0.3, 0.4) is 0 Å². The number of ketones is 1. The van der Waals surface area contributed by atoms with Crippen LogP contribution in [0.25, 0.3) is 0 Å². The summed E-state index contributed by atoms with van der Waals surface area (Å²) in [5.74, 6) is 0.384. The molecule has 2 heterocycles. The van der Waals surface area contributed by atoms with E-state index in [1.807, 2.05) is 20.0 Å². The molecular weight excluding hydrogens is 204 g/mol. The van der Waals surface area contributed by atoms with E-state index in [9.17, 15) is 4.79 Å². The molecule has 0 aliphatic heterocycles. The average Bonchev–Trinajstić information content (AvgIpc) is 2.88. The predicted molar refractivity (Wildman–Crippen MR) is 59.2 cm³/mol. The molecule has 0 atom stereocenters. The van der Waals surface area contributed by atoms with Gasteiger partial charge in [-0.1, -0.05) is 6.92 Å². The number of Topliss-reactive ketones (excluding diaryl/α,β-unsaturated/α-hetero) is 1. The number of aromatic amines is 1. The molecule has 1 N–H and O–H groups in total. The number of hydrogen-bond acceptors (Lipinski definition) is 3. The Morgan fingerprint density at radius 2 is 2.38 bits per heavy atom. The van der Waals surface area contributed by atoms with Crippen LogP contribution in [-0.4, -0.2) is 25.5 Å². The average molecular weight is 218 g/mol. The molecule has 0 radical (unpaired) electrons. The first-order valence-corrected chi connectivity index (χ1v) is 5.25. The molecule has 5 heteroatoms. The summed E-state index contributed by atoms with van der Waals surface area (Å²) < 4.78 is 1.75. The molecular formula is C11H14N4O. The van der Waals surface area contributed by atoms with Crippen LogP contribution in [0.15, 0.2) is 18.5 Å². The quantitative estimate of drug-likeness (QED) is 0.782. The molecule has 2 rings (SSSR count). The van der Waals surface area contributed by atoms with Crippen LogP contribution in [0.5, 0.6) is 0 Å². The SMILES string of the molecule is CCc1cc(CC(=O)c2ncc[nH]2)n(C)n1. The van der Waals surface area contributed by atoms with Gasteiger partial charge in [-0.15, -0.1) is 0 Å². The van der Waals surface area contributed by atoms with Gasteiger partial charge in [-0.25, -0.2) is 4.98 Å². The Balaban J connectivity index is 2.15. The zero-order valence-electron chi connectivity index (χ0n) is 9.40. The maximum atomic E-state index is 11.8. The van der Waals surface area contributed by atoms with Crippen LogP contribution in [0.1, 0.15) is 28.9 Å². The summed E-state index contributed by atoms with van der Waals surface area (Å²) >= 11 is 0. The summed E-state index contributed by atoms with van der Waals surface area (Å²) in [5.41, 5.74) is 1.92. The minimum Gasteiger partial charge on any atom is -0.342 e. The van der Waals surface area contributed by atoms with Crippen molar-refractivity contribution in [2.75, 3.05) is 0 Å². The Morgan fingerprint density at radius 3 is 2.94 bits per heavy atom. The topological polar surface area (TPSA) is 63.6 Å². The number of aromatic nitrogens is 4. The Morgan fingerprint density at radius 1 is 1.56 bits per heavy atom. The van der Waals surface area contributed by atoms with Gasteiger partial charge in [0, 0.05) is 25.1 Å². The summed E-state index contributed by atoms with van der Waals surface area (Å²) in [6.07, 6.45) is 4.43. The van der Waals surface area contributed by atoms with Gasteiger partial charge < -0.3 is 4.98 Å². The number of hydrogen-bond donors (Lipinski definition) is 1. The molecule has 2 aromatic heterocycles. The zero-order chi connectivity index (χ0) is 11.5. The normalized spacial score (nSPS) is 10.6. The van der Waals surface area contributed by atoms with E-state index in [0.29, 0.717) is 12.2 Å². The van der Waals surface area contributed by atoms with Crippen molar-refractivity contribution in [1.29, 1.82) is 0 Å². The fourth-order valence-electron chi connectivity index (χ4n) is 1.58. The Labute approximate surface area is 93.5 Å². The molecule has 5 nitrogen and oxygen atoms in total. The second kappa shape index (κ2) is 4.30. The van der Waals surface area contributed by atoms with Gasteiger partial charge in [-0.05, 0) is 12.5 Å². The van der Waals surface area contributed by atoms with Crippen LogP contribution < -0.4 is 0 Å². The first kappa shape index (κ1) is 10.6. The fourth-order valence-corrected chi connectivity index (χ4v) is 1.58. The molecule has 0 amide bonds. The largest absolute Gasteiger partial charge is 0.342 e. The lowest BCUT2D eigenvalue weighted by atomic mass is 10.2. The first-order chi connectivity index (χ1) is 7.70. The van der Waals surface area contributed by atoms with Crippen LogP contribution in [0, 0.1) is 0 Å². The Bertz CT molecular complexity index is 484. The van der Waals surface area contributed by atoms with Crippen LogP contribution >= 0.6 is 0 Å². The number of nitrogens with one attached hydrogen (secondary N) is 1. The number of rotatable bonds is 4. The van der Waals surface area contributed by atoms with Gasteiger partial charge in [0.1, 0.15) is 0 Å². The van der Waals surface area contributed by atoms with Crippen molar-refractivity contribution in [2.24, 2.45) is 7.05 Å². The van der Waals surface area contributed by atoms with E-state index < -0.39 is 0 Å². The van der Waals surface area contributed by atoms with Crippen molar-refractivity contribution < 1.29 is 4.79 Å². The Kier molecular flexibility index (Phi) is 2.85. The van der Waals surface area contributed by atoms with Crippen molar-refractivity contribution in [3.8, 4) is 0 Å². The molecule has 0 aromatic carbocycles. The van der Waals surface area contributed by atoms with Gasteiger partial charge in [0.15, 0.2) is 5.82 Å². The summed E-state index contributed by atoms with van der Waals surface area (Å²) in [4.78, 5) is 18.5. The second-order valence-corrected chi connectivity index (χ2v) is 3.64. The summed E-state index contributed by atoms with van der Waals surface area (Å²) in [6, 6.07) is 1.96. The molecule has 0 aliphatic carbocycles. The van der Waals surface area contributed by atoms with Gasteiger partial charge in [-0.3, -0.25) is 9.48 Å². The fraction of sp³-hybridized carbons (Fsp3) is 0.364. The lowest BCUT2D eigenvalue weighted by Crippen LogP contribution is -2.09. The number of aryl methyl sites for hydroxylation is 2. The zero-order valence-corrected chi connectivity index (χ0v) is 9.40. The van der Waals surface area contributed by atoms with E-state index in [-0.39, 0.29) is 5.78 Å². The third-order valence-electron chi connectivity index (χ3n) is 2.49. The van der Waals surface area contributed by atoms with Crippen molar-refractivity contribution >= 4 is 5.78 Å². The predicted octanol–water partition coefficient (Wildman–Crippen LogP) is 1.13. The number of imidazole rings is 1. The van der Waals surface area contributed by atoms with Gasteiger partial charge in [-0.2, -0.15) is 5.10 Å². The molecule has 0 saturated carbocycles. The van der Waals surface area contributed by atoms with Gasteiger partial charge in [0.05, 0.1) is 12.1 Å². The highest BCUT2D eigenvalue weighted by Crippen LogP contribution is 2.07. The third kappa shape index (κ3) is 2.03. The summed E-state index contributed by atoms with van der Waals surface area (Å²) in [6.45, 7) is 2.04. The number of nitrogens with zero attached hydrogens (tertiary/aromatic N) is 3. The maximum Gasteiger partial charge on any atom is 0.203 e. The lowest BCUT2D eigenvalue weighted by Gasteiger charge is -1.98. The number of H-pyrrole nitrogens is 1. The van der Waals surface area contributed by atoms with Crippen LogP contribution in [0.2, 0.25) is 0 Å². The summed E-state index contributed by atoms with van der Waals surface area (Å²) in [5, 5.41) is 4.30. The smallest absolute Gasteiger partial charge is 0.203 e. The van der Waals surface area contributed by atoms with Crippen LogP contribution in [-0.2, 0) is 19.9 Å². The highest BCUT2D eigenvalue weighted by Gasteiger charge is 2.12. The third-order valence-corrected chi connectivity index (χ3v) is 2.49. The molecule has 0 fully saturated rings. The summed E-state index contributed by atoms with van der Waals surface area (Å²) in [7, 11) is 1.85. The monoisotopic (exact) mass is 218 g/mol. The van der Waals surface area contributed by atoms with Crippen molar-refractivity contribution in [3.63, 3.8) is 0 Å². The molecule has 84 valence electrons. The standard InChI is InChI=1S/C11H14N4O/c1-3-8-6-9(15(2)14-8)7-10(16)11-12-4-5-13-11/h4-6H,3,7H2,1-2H3,(H,12,13). The molecule has 0 unspecified atom stereocenters. The maximum absolute atomic E-state index is 11.8. The minimum absolute atomic E-state index is 0.0179. The van der Waals surface area contributed by atoms with E-state index in [2.05, 4.69) is 15.1 Å². The molecule has 0 spiro atoms. The van der Waals surface area contributed by atoms with E-state index in [1.54, 1.807) is 17.1 Å². The van der Waals surface area contributed by atoms with Crippen LogP contribution in [0.4, 0.5) is 0 Å². The number of carbonyl (C=O) groups is 1. The van der Waals surface area contributed by atoms with E-state index >= 15 is 0 Å². The molecule has 0 bridgehead atoms. The van der Waals surface area contributed by atoms with E-state index in [4.69, 9.17) is 0 Å². The van der Waals surface area contributed by atoms with Gasteiger partial charge in [0.2, 0.25) is 5.78 Å². The van der Waals surface area contributed by atoms with Gasteiger partial charge in [0.25, 0.3) is 0 Å². The highest BCUT2D eigenvalue weighted by molar-refractivity contribution is 5.93. The number of carbonyl (C=O) groups excluding carboxylic acids is 1. The molecule has 0 aliphatic rings. The van der Waals surface area contributed by atoms with E-state index in [1.165, 1.54) is 0 Å². The lowest BCUT2D eigenvalue weighted by molar-refractivity contribution is 0.0982.